The van der Waals surface area contributed by atoms with Gasteiger partial charge in [0, 0.05) is 6.61 Å². The van der Waals surface area contributed by atoms with Gasteiger partial charge in [-0.1, -0.05) is 25.1 Å². The molecule has 1 rings (SSSR count). The predicted octanol–water partition coefficient (Wildman–Crippen LogP) is 2.08. The second-order valence-electron chi connectivity index (χ2n) is 3.94. The largest absolute Gasteiger partial charge is 0.361 e. The quantitative estimate of drug-likeness (QED) is 0.440. The van der Waals surface area contributed by atoms with Gasteiger partial charge in [0.15, 0.2) is 0 Å². The lowest BCUT2D eigenvalue weighted by Gasteiger charge is -2.24. The third kappa shape index (κ3) is 3.17. The highest BCUT2D eigenvalue weighted by Crippen LogP contribution is 2.25. The maximum absolute atomic E-state index is 11.7. The minimum atomic E-state index is -0.576. The first-order chi connectivity index (χ1) is 8.65. The Bertz CT molecular complexity index is 429. The highest BCUT2D eigenvalue weighted by Gasteiger charge is 2.19. The maximum Gasteiger partial charge on any atom is 0.293 e. The standard InChI is InChI=1S/C14H19NO3/c1-4-12-8-6-7-11(3)14(12)15(10-18-5-2)13(17)9-16/h6-9H,4-5,10H2,1-3H3. The lowest BCUT2D eigenvalue weighted by Crippen LogP contribution is -2.35. The molecule has 0 radical (unpaired) electrons. The van der Waals surface area contributed by atoms with Crippen LogP contribution in [-0.2, 0) is 20.7 Å². The zero-order valence-corrected chi connectivity index (χ0v) is 11.1. The number of aldehydes is 1. The predicted molar refractivity (Wildman–Crippen MR) is 70.6 cm³/mol. The van der Waals surface area contributed by atoms with Crippen molar-refractivity contribution in [1.29, 1.82) is 0 Å². The Kier molecular flexibility index (Phi) is 5.52. The first kappa shape index (κ1) is 14.4. The van der Waals surface area contributed by atoms with E-state index in [0.29, 0.717) is 12.9 Å². The smallest absolute Gasteiger partial charge is 0.293 e. The van der Waals surface area contributed by atoms with E-state index < -0.39 is 5.91 Å². The summed E-state index contributed by atoms with van der Waals surface area (Å²) in [6, 6.07) is 5.83. The highest BCUT2D eigenvalue weighted by atomic mass is 16.5. The number of rotatable bonds is 6. The van der Waals surface area contributed by atoms with Crippen LogP contribution in [0.2, 0.25) is 0 Å². The number of benzene rings is 1. The van der Waals surface area contributed by atoms with Crippen molar-refractivity contribution >= 4 is 17.9 Å². The monoisotopic (exact) mass is 249 g/mol. The second kappa shape index (κ2) is 6.91. The number of anilines is 1. The summed E-state index contributed by atoms with van der Waals surface area (Å²) in [5.41, 5.74) is 2.78. The first-order valence-corrected chi connectivity index (χ1v) is 6.08. The fourth-order valence-electron chi connectivity index (χ4n) is 1.88. The molecule has 0 saturated heterocycles. The van der Waals surface area contributed by atoms with E-state index >= 15 is 0 Å². The highest BCUT2D eigenvalue weighted by molar-refractivity contribution is 6.30. The first-order valence-electron chi connectivity index (χ1n) is 6.08. The molecule has 0 aliphatic carbocycles. The van der Waals surface area contributed by atoms with Crippen molar-refractivity contribution in [2.24, 2.45) is 0 Å². The Balaban J connectivity index is 3.18. The summed E-state index contributed by atoms with van der Waals surface area (Å²) in [6.07, 6.45) is 1.12. The summed E-state index contributed by atoms with van der Waals surface area (Å²) in [5.74, 6) is -0.576. The molecule has 1 aromatic carbocycles. The second-order valence-corrected chi connectivity index (χ2v) is 3.94. The van der Waals surface area contributed by atoms with Crippen LogP contribution in [0.1, 0.15) is 25.0 Å². The number of ether oxygens (including phenoxy) is 1. The Morgan fingerprint density at radius 3 is 2.67 bits per heavy atom. The summed E-state index contributed by atoms with van der Waals surface area (Å²) in [6.45, 7) is 6.39. The molecule has 0 fully saturated rings. The zero-order chi connectivity index (χ0) is 13.5. The van der Waals surface area contributed by atoms with Crippen molar-refractivity contribution in [3.05, 3.63) is 29.3 Å². The minimum absolute atomic E-state index is 0.103. The van der Waals surface area contributed by atoms with E-state index in [2.05, 4.69) is 0 Å². The summed E-state index contributed by atoms with van der Waals surface area (Å²) < 4.78 is 5.27. The molecule has 98 valence electrons. The number of carbonyl (C=O) groups excluding carboxylic acids is 2. The molecule has 0 heterocycles. The molecular weight excluding hydrogens is 230 g/mol. The molecule has 0 saturated carbocycles. The SMILES string of the molecule is CCOCN(C(=O)C=O)c1c(C)cccc1CC. The third-order valence-corrected chi connectivity index (χ3v) is 2.76. The Morgan fingerprint density at radius 1 is 1.39 bits per heavy atom. The molecule has 0 bridgehead atoms. The molecule has 4 nitrogen and oxygen atoms in total. The average Bonchev–Trinajstić information content (AvgIpc) is 2.39. The fourth-order valence-corrected chi connectivity index (χ4v) is 1.88. The molecule has 0 N–H and O–H groups in total. The van der Waals surface area contributed by atoms with Crippen LogP contribution in [0.4, 0.5) is 5.69 Å². The van der Waals surface area contributed by atoms with E-state index in [1.165, 1.54) is 4.90 Å². The Labute approximate surface area is 108 Å². The van der Waals surface area contributed by atoms with E-state index in [-0.39, 0.29) is 6.73 Å². The molecule has 0 unspecified atom stereocenters. The molecule has 1 amide bonds. The van der Waals surface area contributed by atoms with E-state index in [1.54, 1.807) is 0 Å². The van der Waals surface area contributed by atoms with Crippen molar-refractivity contribution in [3.63, 3.8) is 0 Å². The van der Waals surface area contributed by atoms with Gasteiger partial charge >= 0.3 is 0 Å². The molecule has 0 spiro atoms. The lowest BCUT2D eigenvalue weighted by molar-refractivity contribution is -0.130. The average molecular weight is 249 g/mol. The van der Waals surface area contributed by atoms with Crippen molar-refractivity contribution in [2.45, 2.75) is 27.2 Å². The van der Waals surface area contributed by atoms with Crippen LogP contribution in [0.3, 0.4) is 0 Å². The van der Waals surface area contributed by atoms with Gasteiger partial charge in [0.2, 0.25) is 6.29 Å². The molecule has 0 atom stereocenters. The van der Waals surface area contributed by atoms with E-state index in [1.807, 2.05) is 39.0 Å². The molecular formula is C14H19NO3. The van der Waals surface area contributed by atoms with Gasteiger partial charge < -0.3 is 4.74 Å². The third-order valence-electron chi connectivity index (χ3n) is 2.76. The van der Waals surface area contributed by atoms with Crippen LogP contribution in [0.15, 0.2) is 18.2 Å². The Hall–Kier alpha value is -1.68. The van der Waals surface area contributed by atoms with Gasteiger partial charge in [-0.3, -0.25) is 14.5 Å². The summed E-state index contributed by atoms with van der Waals surface area (Å²) in [4.78, 5) is 23.9. The summed E-state index contributed by atoms with van der Waals surface area (Å²) >= 11 is 0. The van der Waals surface area contributed by atoms with E-state index in [4.69, 9.17) is 4.74 Å². The molecule has 0 aromatic heterocycles. The number of para-hydroxylation sites is 1. The Morgan fingerprint density at radius 2 is 2.11 bits per heavy atom. The van der Waals surface area contributed by atoms with E-state index in [0.717, 1.165) is 23.2 Å². The number of hydrogen-bond donors (Lipinski definition) is 0. The molecule has 1 aromatic rings. The molecule has 18 heavy (non-hydrogen) atoms. The number of carbonyl (C=O) groups is 2. The number of amides is 1. The van der Waals surface area contributed by atoms with Gasteiger partial charge in [0.1, 0.15) is 6.73 Å². The normalized spacial score (nSPS) is 10.2. The van der Waals surface area contributed by atoms with Gasteiger partial charge in [-0.2, -0.15) is 0 Å². The fraction of sp³-hybridized carbons (Fsp3) is 0.429. The lowest BCUT2D eigenvalue weighted by atomic mass is 10.0. The van der Waals surface area contributed by atoms with Gasteiger partial charge in [0.25, 0.3) is 5.91 Å². The zero-order valence-electron chi connectivity index (χ0n) is 11.1. The number of hydrogen-bond acceptors (Lipinski definition) is 3. The van der Waals surface area contributed by atoms with Gasteiger partial charge in [-0.25, -0.2) is 0 Å². The van der Waals surface area contributed by atoms with Crippen LogP contribution in [0.5, 0.6) is 0 Å². The topological polar surface area (TPSA) is 46.6 Å². The van der Waals surface area contributed by atoms with Crippen LogP contribution >= 0.6 is 0 Å². The van der Waals surface area contributed by atoms with Crippen molar-refractivity contribution in [2.75, 3.05) is 18.2 Å². The van der Waals surface area contributed by atoms with Crippen LogP contribution < -0.4 is 4.90 Å². The van der Waals surface area contributed by atoms with Crippen LogP contribution in [-0.4, -0.2) is 25.5 Å². The summed E-state index contributed by atoms with van der Waals surface area (Å²) in [7, 11) is 0. The minimum Gasteiger partial charge on any atom is -0.361 e. The van der Waals surface area contributed by atoms with E-state index in [9.17, 15) is 9.59 Å². The van der Waals surface area contributed by atoms with Crippen molar-refractivity contribution in [1.82, 2.24) is 0 Å². The van der Waals surface area contributed by atoms with Crippen molar-refractivity contribution < 1.29 is 14.3 Å². The molecule has 4 heteroatoms. The van der Waals surface area contributed by atoms with Gasteiger partial charge in [-0.15, -0.1) is 0 Å². The van der Waals surface area contributed by atoms with Crippen LogP contribution in [0.25, 0.3) is 0 Å². The summed E-state index contributed by atoms with van der Waals surface area (Å²) in [5, 5.41) is 0. The van der Waals surface area contributed by atoms with Crippen molar-refractivity contribution in [3.8, 4) is 0 Å². The van der Waals surface area contributed by atoms with Crippen LogP contribution in [0, 0.1) is 6.92 Å². The molecule has 0 aliphatic heterocycles. The van der Waals surface area contributed by atoms with Gasteiger partial charge in [0.05, 0.1) is 5.69 Å². The maximum atomic E-state index is 11.7. The molecule has 0 aliphatic rings. The van der Waals surface area contributed by atoms with Gasteiger partial charge in [-0.05, 0) is 31.4 Å². The number of aryl methyl sites for hydroxylation is 2. The number of nitrogens with zero attached hydrogens (tertiary/aromatic N) is 1.